The lowest BCUT2D eigenvalue weighted by Gasteiger charge is -2.26. The number of carbonyl (C=O) groups is 3. The predicted molar refractivity (Wildman–Crippen MR) is 93.5 cm³/mol. The van der Waals surface area contributed by atoms with Crippen LogP contribution in [-0.2, 0) is 14.3 Å². The van der Waals surface area contributed by atoms with Crippen LogP contribution in [0.15, 0.2) is 22.6 Å². The molecule has 2 bridgehead atoms. The number of amides is 1. The highest BCUT2D eigenvalue weighted by molar-refractivity contribution is 7.14. The van der Waals surface area contributed by atoms with Gasteiger partial charge in [-0.2, -0.15) is 0 Å². The molecular formula is C18H21NO5S. The second kappa shape index (κ2) is 6.63. The number of rotatable bonds is 4. The SMILES string of the molecule is COC(=O)c1ccsc1NC(=O)C1C2CCC(C2=C(C)C)C1C(=O)O. The summed E-state index contributed by atoms with van der Waals surface area (Å²) in [5.74, 6) is -3.18. The number of allylic oxidation sites excluding steroid dienone is 2. The summed E-state index contributed by atoms with van der Waals surface area (Å²) in [5.41, 5.74) is 2.53. The third kappa shape index (κ3) is 2.86. The summed E-state index contributed by atoms with van der Waals surface area (Å²) in [6.45, 7) is 3.96. The molecule has 0 radical (unpaired) electrons. The van der Waals surface area contributed by atoms with Gasteiger partial charge in [0, 0.05) is 0 Å². The van der Waals surface area contributed by atoms with Gasteiger partial charge in [-0.05, 0) is 50.0 Å². The van der Waals surface area contributed by atoms with Gasteiger partial charge in [-0.25, -0.2) is 4.79 Å². The van der Waals surface area contributed by atoms with E-state index >= 15 is 0 Å². The van der Waals surface area contributed by atoms with Gasteiger partial charge in [0.15, 0.2) is 0 Å². The van der Waals surface area contributed by atoms with Crippen molar-refractivity contribution in [3.63, 3.8) is 0 Å². The second-order valence-electron chi connectivity index (χ2n) is 6.78. The number of methoxy groups -OCH3 is 1. The summed E-state index contributed by atoms with van der Waals surface area (Å²) in [4.78, 5) is 36.5. The highest BCUT2D eigenvalue weighted by Gasteiger charge is 2.57. The van der Waals surface area contributed by atoms with Crippen LogP contribution in [0.3, 0.4) is 0 Å². The molecule has 0 spiro atoms. The Morgan fingerprint density at radius 1 is 1.20 bits per heavy atom. The molecule has 2 aliphatic rings. The fourth-order valence-corrected chi connectivity index (χ4v) is 5.25. The molecule has 4 unspecified atom stereocenters. The standard InChI is InChI=1S/C18H21NO5S/c1-8(2)12-9-4-5-10(12)14(17(21)22)13(9)15(20)19-16-11(6-7-25-16)18(23)24-3/h6-7,9-10,13-14H,4-5H2,1-3H3,(H,19,20)(H,21,22). The van der Waals surface area contributed by atoms with Crippen molar-refractivity contribution in [3.05, 3.63) is 28.2 Å². The Morgan fingerprint density at radius 2 is 1.84 bits per heavy atom. The van der Waals surface area contributed by atoms with Gasteiger partial charge in [-0.15, -0.1) is 11.3 Å². The van der Waals surface area contributed by atoms with Crippen LogP contribution in [0.4, 0.5) is 5.00 Å². The highest BCUT2D eigenvalue weighted by atomic mass is 32.1. The zero-order valence-corrected chi connectivity index (χ0v) is 15.2. The monoisotopic (exact) mass is 363 g/mol. The molecule has 1 heterocycles. The number of hydrogen-bond donors (Lipinski definition) is 2. The molecule has 25 heavy (non-hydrogen) atoms. The van der Waals surface area contributed by atoms with Gasteiger partial charge in [0.05, 0.1) is 24.5 Å². The average molecular weight is 363 g/mol. The fourth-order valence-electron chi connectivity index (χ4n) is 4.48. The summed E-state index contributed by atoms with van der Waals surface area (Å²) in [6.07, 6.45) is 1.65. The van der Waals surface area contributed by atoms with E-state index in [1.165, 1.54) is 18.4 Å². The molecule has 4 atom stereocenters. The lowest BCUT2D eigenvalue weighted by molar-refractivity contribution is -0.148. The first-order valence-corrected chi connectivity index (χ1v) is 9.11. The Morgan fingerprint density at radius 3 is 2.40 bits per heavy atom. The van der Waals surface area contributed by atoms with E-state index in [2.05, 4.69) is 5.32 Å². The topological polar surface area (TPSA) is 92.7 Å². The number of aliphatic carboxylic acids is 1. The summed E-state index contributed by atoms with van der Waals surface area (Å²) >= 11 is 1.22. The number of esters is 1. The Hall–Kier alpha value is -2.15. The summed E-state index contributed by atoms with van der Waals surface area (Å²) < 4.78 is 4.71. The molecule has 1 amide bonds. The van der Waals surface area contributed by atoms with E-state index in [9.17, 15) is 19.5 Å². The molecule has 0 saturated heterocycles. The van der Waals surface area contributed by atoms with E-state index in [1.54, 1.807) is 11.4 Å². The molecule has 6 nitrogen and oxygen atoms in total. The summed E-state index contributed by atoms with van der Waals surface area (Å²) in [7, 11) is 1.28. The molecule has 2 N–H and O–H groups in total. The minimum atomic E-state index is -0.925. The van der Waals surface area contributed by atoms with Crippen molar-refractivity contribution in [2.24, 2.45) is 23.7 Å². The molecule has 0 aromatic carbocycles. The number of carbonyl (C=O) groups excluding carboxylic acids is 2. The number of thiophene rings is 1. The van der Waals surface area contributed by atoms with Gasteiger partial charge in [0.2, 0.25) is 5.91 Å². The minimum absolute atomic E-state index is 0.0300. The smallest absolute Gasteiger partial charge is 0.340 e. The molecule has 1 aromatic rings. The summed E-state index contributed by atoms with van der Waals surface area (Å²) in [5, 5.41) is 14.6. The van der Waals surface area contributed by atoms with E-state index in [0.717, 1.165) is 24.0 Å². The first-order valence-electron chi connectivity index (χ1n) is 8.23. The number of nitrogens with one attached hydrogen (secondary N) is 1. The largest absolute Gasteiger partial charge is 0.481 e. The van der Waals surface area contributed by atoms with Gasteiger partial charge in [-0.3, -0.25) is 9.59 Å². The Kier molecular flexibility index (Phi) is 4.69. The van der Waals surface area contributed by atoms with Crippen LogP contribution in [0.1, 0.15) is 37.0 Å². The van der Waals surface area contributed by atoms with Crippen molar-refractivity contribution in [2.75, 3.05) is 12.4 Å². The minimum Gasteiger partial charge on any atom is -0.481 e. The average Bonchev–Trinajstić information content (AvgIpc) is 3.26. The van der Waals surface area contributed by atoms with Crippen molar-refractivity contribution >= 4 is 34.2 Å². The number of carboxylic acid groups (broad SMARTS) is 1. The molecule has 1 aromatic heterocycles. The maximum absolute atomic E-state index is 12.9. The molecule has 0 aliphatic heterocycles. The zero-order valence-electron chi connectivity index (χ0n) is 14.4. The number of ether oxygens (including phenoxy) is 1. The number of hydrogen-bond acceptors (Lipinski definition) is 5. The number of anilines is 1. The van der Waals surface area contributed by atoms with E-state index in [4.69, 9.17) is 4.74 Å². The number of carboxylic acids is 1. The van der Waals surface area contributed by atoms with Crippen LogP contribution in [0.25, 0.3) is 0 Å². The van der Waals surface area contributed by atoms with Gasteiger partial charge in [-0.1, -0.05) is 11.1 Å². The lowest BCUT2D eigenvalue weighted by atomic mass is 9.79. The van der Waals surface area contributed by atoms with Crippen molar-refractivity contribution in [1.29, 1.82) is 0 Å². The van der Waals surface area contributed by atoms with E-state index in [1.807, 2.05) is 13.8 Å². The first-order chi connectivity index (χ1) is 11.9. The fraction of sp³-hybridized carbons (Fsp3) is 0.500. The van der Waals surface area contributed by atoms with E-state index < -0.39 is 23.8 Å². The Bertz CT molecular complexity index is 761. The Labute approximate surface area is 149 Å². The molecule has 134 valence electrons. The van der Waals surface area contributed by atoms with E-state index in [0.29, 0.717) is 10.6 Å². The zero-order chi connectivity index (χ0) is 18.3. The van der Waals surface area contributed by atoms with Gasteiger partial charge >= 0.3 is 11.9 Å². The van der Waals surface area contributed by atoms with Crippen molar-refractivity contribution in [2.45, 2.75) is 26.7 Å². The third-order valence-corrected chi connectivity index (χ3v) is 6.14. The van der Waals surface area contributed by atoms with Gasteiger partial charge in [0.25, 0.3) is 0 Å². The lowest BCUT2D eigenvalue weighted by Crippen LogP contribution is -2.37. The van der Waals surface area contributed by atoms with Crippen molar-refractivity contribution < 1.29 is 24.2 Å². The first kappa shape index (κ1) is 17.7. The van der Waals surface area contributed by atoms with Crippen molar-refractivity contribution in [1.82, 2.24) is 0 Å². The molecular weight excluding hydrogens is 342 g/mol. The molecule has 2 fully saturated rings. The maximum atomic E-state index is 12.9. The van der Waals surface area contributed by atoms with Crippen LogP contribution in [0, 0.1) is 23.7 Å². The Balaban J connectivity index is 1.89. The normalized spacial score (nSPS) is 27.2. The van der Waals surface area contributed by atoms with Gasteiger partial charge in [0.1, 0.15) is 5.00 Å². The quantitative estimate of drug-likeness (QED) is 0.633. The van der Waals surface area contributed by atoms with Crippen molar-refractivity contribution in [3.8, 4) is 0 Å². The highest BCUT2D eigenvalue weighted by Crippen LogP contribution is 2.57. The predicted octanol–water partition coefficient (Wildman–Crippen LogP) is 3.17. The molecule has 2 aliphatic carbocycles. The van der Waals surface area contributed by atoms with Crippen LogP contribution < -0.4 is 5.32 Å². The van der Waals surface area contributed by atoms with Crippen LogP contribution >= 0.6 is 11.3 Å². The molecule has 2 saturated carbocycles. The second-order valence-corrected chi connectivity index (χ2v) is 7.70. The van der Waals surface area contributed by atoms with Gasteiger partial charge < -0.3 is 15.2 Å². The molecule has 7 heteroatoms. The number of fused-ring (bicyclic) bond motifs is 2. The van der Waals surface area contributed by atoms with Crippen LogP contribution in [0.5, 0.6) is 0 Å². The summed E-state index contributed by atoms with van der Waals surface area (Å²) in [6, 6.07) is 1.59. The van der Waals surface area contributed by atoms with Crippen LogP contribution in [-0.4, -0.2) is 30.1 Å². The molecule has 3 rings (SSSR count). The maximum Gasteiger partial charge on any atom is 0.340 e. The van der Waals surface area contributed by atoms with Crippen LogP contribution in [0.2, 0.25) is 0 Å². The van der Waals surface area contributed by atoms with E-state index in [-0.39, 0.29) is 17.7 Å². The third-order valence-electron chi connectivity index (χ3n) is 5.31.